The Hall–Kier alpha value is -1.47. The highest BCUT2D eigenvalue weighted by Gasteiger charge is 2.53. The first-order chi connectivity index (χ1) is 29.8. The molecule has 17 unspecified atom stereocenters. The maximum Gasteiger partial charge on any atom is 0.220 e. The highest BCUT2D eigenvalue weighted by atomic mass is 16.8. The van der Waals surface area contributed by atoms with Gasteiger partial charge in [0, 0.05) is 6.42 Å². The minimum atomic E-state index is -1.97. The smallest absolute Gasteiger partial charge is 0.220 e. The highest BCUT2D eigenvalue weighted by Crippen LogP contribution is 2.33. The zero-order valence-electron chi connectivity index (χ0n) is 36.6. The number of nitrogens with one attached hydrogen (secondary N) is 1. The van der Waals surface area contributed by atoms with Crippen LogP contribution in [0.2, 0.25) is 0 Å². The number of ether oxygens (including phenoxy) is 6. The van der Waals surface area contributed by atoms with E-state index < -0.39 is 124 Å². The number of allylic oxidation sites excluding steroid dienone is 1. The minimum absolute atomic E-state index is 0.240. The molecule has 0 bridgehead atoms. The van der Waals surface area contributed by atoms with E-state index >= 15 is 0 Å². The summed E-state index contributed by atoms with van der Waals surface area (Å²) in [6, 6.07) is -0.961. The third-order valence-electron chi connectivity index (χ3n) is 11.8. The molecular formula is C43H79NO18. The van der Waals surface area contributed by atoms with Crippen LogP contribution in [-0.2, 0) is 33.2 Å². The molecule has 0 radical (unpaired) electrons. The Morgan fingerprint density at radius 3 is 1.52 bits per heavy atom. The molecule has 3 fully saturated rings. The molecule has 1 amide bonds. The van der Waals surface area contributed by atoms with E-state index in [9.17, 15) is 61.0 Å². The van der Waals surface area contributed by atoms with Gasteiger partial charge in [-0.1, -0.05) is 109 Å². The minimum Gasteiger partial charge on any atom is -0.394 e. The molecule has 3 rings (SSSR count). The van der Waals surface area contributed by atoms with Crippen LogP contribution in [-0.4, -0.2) is 193 Å². The van der Waals surface area contributed by atoms with Gasteiger partial charge in [-0.2, -0.15) is 0 Å². The molecule has 19 heteroatoms. The van der Waals surface area contributed by atoms with Crippen molar-refractivity contribution in [3.05, 3.63) is 12.2 Å². The second-order valence-corrected chi connectivity index (χ2v) is 16.9. The van der Waals surface area contributed by atoms with Crippen LogP contribution < -0.4 is 5.32 Å². The van der Waals surface area contributed by atoms with Crippen LogP contribution >= 0.6 is 0 Å². The Morgan fingerprint density at radius 2 is 1.00 bits per heavy atom. The molecule has 0 aromatic carbocycles. The summed E-state index contributed by atoms with van der Waals surface area (Å²) in [4.78, 5) is 13.0. The molecule has 3 heterocycles. The summed E-state index contributed by atoms with van der Waals surface area (Å²) in [7, 11) is 0. The predicted octanol–water partition coefficient (Wildman–Crippen LogP) is -0.475. The molecule has 364 valence electrons. The Bertz CT molecular complexity index is 1220. The quantitative estimate of drug-likeness (QED) is 0.0320. The van der Waals surface area contributed by atoms with E-state index in [4.69, 9.17) is 28.4 Å². The maximum absolute atomic E-state index is 13.0. The lowest BCUT2D eigenvalue weighted by Crippen LogP contribution is -2.66. The summed E-state index contributed by atoms with van der Waals surface area (Å²) in [6.45, 7) is 1.55. The van der Waals surface area contributed by atoms with Crippen LogP contribution in [0.5, 0.6) is 0 Å². The monoisotopic (exact) mass is 898 g/mol. The number of hydrogen-bond donors (Lipinski definition) is 12. The van der Waals surface area contributed by atoms with Crippen LogP contribution in [0.15, 0.2) is 12.2 Å². The molecule has 17 atom stereocenters. The van der Waals surface area contributed by atoms with Gasteiger partial charge in [0.05, 0.1) is 38.6 Å². The highest BCUT2D eigenvalue weighted by molar-refractivity contribution is 5.76. The molecule has 3 aliphatic rings. The first kappa shape index (κ1) is 54.9. The SMILES string of the molecule is CCCCCCCCCCCC/C=C/C(O)C(COC1OC(CO)C(OC2OC(CO)C(OC3OC(CO)C(O)C(O)C3O)C(O)C2O)C(O)C1O)NC(=O)CCCCCCC. The van der Waals surface area contributed by atoms with E-state index in [0.29, 0.717) is 6.42 Å². The van der Waals surface area contributed by atoms with Crippen molar-refractivity contribution in [2.45, 2.75) is 227 Å². The predicted molar refractivity (Wildman–Crippen MR) is 222 cm³/mol. The van der Waals surface area contributed by atoms with Crippen molar-refractivity contribution in [3.63, 3.8) is 0 Å². The van der Waals surface area contributed by atoms with Crippen molar-refractivity contribution in [2.24, 2.45) is 0 Å². The summed E-state index contributed by atoms with van der Waals surface area (Å²) in [5.41, 5.74) is 0. The molecule has 62 heavy (non-hydrogen) atoms. The lowest BCUT2D eigenvalue weighted by molar-refractivity contribution is -0.379. The Balaban J connectivity index is 1.59. The van der Waals surface area contributed by atoms with Crippen molar-refractivity contribution in [3.8, 4) is 0 Å². The van der Waals surface area contributed by atoms with Crippen LogP contribution in [0.3, 0.4) is 0 Å². The second kappa shape index (κ2) is 29.9. The number of aliphatic hydroxyl groups is 11. The molecule has 0 aromatic rings. The first-order valence-corrected chi connectivity index (χ1v) is 22.9. The first-order valence-electron chi connectivity index (χ1n) is 22.9. The van der Waals surface area contributed by atoms with E-state index in [1.54, 1.807) is 6.08 Å². The molecule has 3 aliphatic heterocycles. The van der Waals surface area contributed by atoms with Gasteiger partial charge >= 0.3 is 0 Å². The average Bonchev–Trinajstić information content (AvgIpc) is 3.26. The van der Waals surface area contributed by atoms with Crippen LogP contribution in [0.4, 0.5) is 0 Å². The van der Waals surface area contributed by atoms with Gasteiger partial charge in [-0.25, -0.2) is 0 Å². The third-order valence-corrected chi connectivity index (χ3v) is 11.8. The standard InChI is InChI=1S/C43H79NO18/c1-3-5-7-9-10-11-12-13-14-15-17-18-20-27(48)26(44-31(49)21-19-16-8-6-4-2)25-57-41-37(55)34(52)39(29(23-46)59-41)62-43-38(56)35(53)40(30(24-47)60-43)61-42-36(54)33(51)32(50)28(22-45)58-42/h18,20,26-30,32-43,45-48,50-56H,3-17,19,21-25H2,1-2H3,(H,44,49)/b20-18+. The van der Waals surface area contributed by atoms with E-state index in [-0.39, 0.29) is 18.9 Å². The van der Waals surface area contributed by atoms with Crippen molar-refractivity contribution >= 4 is 5.91 Å². The van der Waals surface area contributed by atoms with Gasteiger partial charge in [0.1, 0.15) is 73.2 Å². The zero-order valence-corrected chi connectivity index (χ0v) is 36.6. The van der Waals surface area contributed by atoms with Gasteiger partial charge in [0.15, 0.2) is 18.9 Å². The molecule has 3 saturated heterocycles. The van der Waals surface area contributed by atoms with Gasteiger partial charge in [0.2, 0.25) is 5.91 Å². The normalized spacial score (nSPS) is 35.3. The number of carbonyl (C=O) groups excluding carboxylic acids is 1. The Labute approximate surface area is 365 Å². The summed E-state index contributed by atoms with van der Waals surface area (Å²) < 4.78 is 33.9. The van der Waals surface area contributed by atoms with Crippen molar-refractivity contribution in [2.75, 3.05) is 26.4 Å². The Morgan fingerprint density at radius 1 is 0.565 bits per heavy atom. The van der Waals surface area contributed by atoms with E-state index in [1.807, 2.05) is 6.08 Å². The summed E-state index contributed by atoms with van der Waals surface area (Å²) in [5, 5.41) is 119. The van der Waals surface area contributed by atoms with Gasteiger partial charge in [-0.05, 0) is 19.3 Å². The molecule has 0 aromatic heterocycles. The van der Waals surface area contributed by atoms with Crippen molar-refractivity contribution in [1.82, 2.24) is 5.32 Å². The number of amides is 1. The molecule has 12 N–H and O–H groups in total. The zero-order chi connectivity index (χ0) is 45.6. The van der Waals surface area contributed by atoms with Crippen LogP contribution in [0.1, 0.15) is 123 Å². The summed E-state index contributed by atoms with van der Waals surface area (Å²) in [5.74, 6) is -0.292. The maximum atomic E-state index is 13.0. The van der Waals surface area contributed by atoms with Gasteiger partial charge in [-0.3, -0.25) is 4.79 Å². The molecule has 0 spiro atoms. The lowest BCUT2D eigenvalue weighted by atomic mass is 9.96. The lowest BCUT2D eigenvalue weighted by Gasteiger charge is -2.48. The largest absolute Gasteiger partial charge is 0.394 e. The molecular weight excluding hydrogens is 818 g/mol. The van der Waals surface area contributed by atoms with E-state index in [1.165, 1.54) is 44.9 Å². The van der Waals surface area contributed by atoms with Gasteiger partial charge in [-0.15, -0.1) is 0 Å². The van der Waals surface area contributed by atoms with Crippen molar-refractivity contribution < 1.29 is 89.4 Å². The fraction of sp³-hybridized carbons (Fsp3) is 0.930. The summed E-state index contributed by atoms with van der Waals surface area (Å²) >= 11 is 0. The number of aliphatic hydroxyl groups excluding tert-OH is 11. The van der Waals surface area contributed by atoms with Gasteiger partial charge < -0.3 is 89.9 Å². The number of rotatable bonds is 30. The van der Waals surface area contributed by atoms with E-state index in [0.717, 1.165) is 51.4 Å². The van der Waals surface area contributed by atoms with E-state index in [2.05, 4.69) is 19.2 Å². The molecule has 0 aliphatic carbocycles. The fourth-order valence-electron chi connectivity index (χ4n) is 7.89. The number of unbranched alkanes of at least 4 members (excludes halogenated alkanes) is 14. The second-order valence-electron chi connectivity index (χ2n) is 16.9. The Kier molecular flexibility index (Phi) is 26.5. The fourth-order valence-corrected chi connectivity index (χ4v) is 7.89. The number of hydrogen-bond acceptors (Lipinski definition) is 18. The summed E-state index contributed by atoms with van der Waals surface area (Å²) in [6.07, 6.45) is -5.61. The van der Waals surface area contributed by atoms with Crippen molar-refractivity contribution in [1.29, 1.82) is 0 Å². The number of carbonyl (C=O) groups is 1. The van der Waals surface area contributed by atoms with Crippen LogP contribution in [0, 0.1) is 0 Å². The molecule has 19 nitrogen and oxygen atoms in total. The van der Waals surface area contributed by atoms with Gasteiger partial charge in [0.25, 0.3) is 0 Å². The third kappa shape index (κ3) is 17.1. The topological polar surface area (TPSA) is 307 Å². The average molecular weight is 898 g/mol. The molecule has 0 saturated carbocycles. The van der Waals surface area contributed by atoms with Crippen LogP contribution in [0.25, 0.3) is 0 Å².